The molecule has 2 heterocycles. The first-order valence-corrected chi connectivity index (χ1v) is 8.24. The van der Waals surface area contributed by atoms with Gasteiger partial charge < -0.3 is 4.74 Å². The average Bonchev–Trinajstić information content (AvgIpc) is 2.57. The van der Waals surface area contributed by atoms with Gasteiger partial charge in [-0.2, -0.15) is 4.31 Å². The lowest BCUT2D eigenvalue weighted by Crippen LogP contribution is -2.35. The number of sulfonamides is 1. The third-order valence-corrected chi connectivity index (χ3v) is 4.51. The summed E-state index contributed by atoms with van der Waals surface area (Å²) in [7, 11) is -3.15. The Balaban J connectivity index is 2.04. The van der Waals surface area contributed by atoms with Crippen molar-refractivity contribution in [3.05, 3.63) is 29.6 Å². The Hall–Kier alpha value is -0.980. The second kappa shape index (κ2) is 5.98. The van der Waals surface area contributed by atoms with E-state index < -0.39 is 10.0 Å². The van der Waals surface area contributed by atoms with Gasteiger partial charge in [-0.05, 0) is 25.0 Å². The van der Waals surface area contributed by atoms with Crippen LogP contribution in [0.15, 0.2) is 18.3 Å². The van der Waals surface area contributed by atoms with Crippen LogP contribution in [0, 0.1) is 12.8 Å². The Labute approximate surface area is 114 Å². The molecule has 1 atom stereocenters. The maximum Gasteiger partial charge on any atom is 0.211 e. The molecule has 106 valence electrons. The van der Waals surface area contributed by atoms with Crippen molar-refractivity contribution in [3.8, 4) is 0 Å². The number of hydrogen-bond donors (Lipinski definition) is 0. The number of hydrogen-bond acceptors (Lipinski definition) is 4. The molecule has 1 saturated heterocycles. The topological polar surface area (TPSA) is 59.5 Å². The van der Waals surface area contributed by atoms with Gasteiger partial charge in [-0.3, -0.25) is 4.98 Å². The third kappa shape index (κ3) is 4.26. The van der Waals surface area contributed by atoms with Crippen LogP contribution in [0.4, 0.5) is 0 Å². The van der Waals surface area contributed by atoms with Crippen molar-refractivity contribution in [2.45, 2.75) is 13.3 Å². The van der Waals surface area contributed by atoms with Crippen molar-refractivity contribution in [1.82, 2.24) is 9.29 Å². The molecule has 2 rings (SSSR count). The van der Waals surface area contributed by atoms with E-state index in [0.29, 0.717) is 26.3 Å². The summed E-state index contributed by atoms with van der Waals surface area (Å²) in [4.78, 5) is 4.37. The third-order valence-electron chi connectivity index (χ3n) is 3.24. The van der Waals surface area contributed by atoms with E-state index in [0.717, 1.165) is 17.7 Å². The Morgan fingerprint density at radius 1 is 1.47 bits per heavy atom. The van der Waals surface area contributed by atoms with E-state index in [1.807, 2.05) is 25.3 Å². The molecular formula is C13H20N2O3S. The highest BCUT2D eigenvalue weighted by molar-refractivity contribution is 7.88. The second-order valence-electron chi connectivity index (χ2n) is 5.09. The van der Waals surface area contributed by atoms with Gasteiger partial charge in [0.15, 0.2) is 0 Å². The SMILES string of the molecule is Cc1ccc(C[C@@H]2COCCN(S(C)(=O)=O)C2)nc1. The van der Waals surface area contributed by atoms with Crippen LogP contribution in [-0.2, 0) is 21.2 Å². The maximum absolute atomic E-state index is 11.6. The van der Waals surface area contributed by atoms with Gasteiger partial charge in [-0.25, -0.2) is 8.42 Å². The summed E-state index contributed by atoms with van der Waals surface area (Å²) in [5.41, 5.74) is 2.10. The van der Waals surface area contributed by atoms with Gasteiger partial charge >= 0.3 is 0 Å². The summed E-state index contributed by atoms with van der Waals surface area (Å²) in [6, 6.07) is 4.01. The standard InChI is InChI=1S/C13H20N2O3S/c1-11-3-4-13(14-8-11)7-12-9-15(19(2,16)17)5-6-18-10-12/h3-4,8,12H,5-7,9-10H2,1-2H3/t12-/m0/s1. The molecule has 0 radical (unpaired) electrons. The lowest BCUT2D eigenvalue weighted by atomic mass is 10.0. The van der Waals surface area contributed by atoms with Crippen molar-refractivity contribution in [2.24, 2.45) is 5.92 Å². The molecule has 0 amide bonds. The summed E-state index contributed by atoms with van der Waals surface area (Å²) >= 11 is 0. The summed E-state index contributed by atoms with van der Waals surface area (Å²) in [6.45, 7) is 3.99. The molecule has 0 bridgehead atoms. The van der Waals surface area contributed by atoms with E-state index in [2.05, 4.69) is 4.98 Å². The molecule has 6 heteroatoms. The van der Waals surface area contributed by atoms with Crippen LogP contribution in [0.5, 0.6) is 0 Å². The number of aromatic nitrogens is 1. The van der Waals surface area contributed by atoms with Crippen molar-refractivity contribution < 1.29 is 13.2 Å². The molecule has 0 unspecified atom stereocenters. The molecule has 0 aromatic carbocycles. The summed E-state index contributed by atoms with van der Waals surface area (Å²) in [6.07, 6.45) is 3.83. The Bertz CT molecular complexity index is 513. The first kappa shape index (κ1) is 14.4. The van der Waals surface area contributed by atoms with E-state index in [1.165, 1.54) is 10.6 Å². The average molecular weight is 284 g/mol. The molecule has 1 fully saturated rings. The van der Waals surface area contributed by atoms with Gasteiger partial charge in [-0.15, -0.1) is 0 Å². The number of nitrogens with zero attached hydrogens (tertiary/aromatic N) is 2. The van der Waals surface area contributed by atoms with Crippen molar-refractivity contribution in [3.63, 3.8) is 0 Å². The van der Waals surface area contributed by atoms with Crippen LogP contribution in [0.2, 0.25) is 0 Å². The Morgan fingerprint density at radius 3 is 2.89 bits per heavy atom. The zero-order chi connectivity index (χ0) is 13.9. The fourth-order valence-electron chi connectivity index (χ4n) is 2.19. The summed E-state index contributed by atoms with van der Waals surface area (Å²) in [5.74, 6) is 0.160. The van der Waals surface area contributed by atoms with Crippen molar-refractivity contribution >= 4 is 10.0 Å². The lowest BCUT2D eigenvalue weighted by Gasteiger charge is -2.20. The minimum Gasteiger partial charge on any atom is -0.380 e. The maximum atomic E-state index is 11.6. The van der Waals surface area contributed by atoms with Crippen LogP contribution in [0.25, 0.3) is 0 Å². The molecular weight excluding hydrogens is 264 g/mol. The summed E-state index contributed by atoms with van der Waals surface area (Å²) in [5, 5.41) is 0. The van der Waals surface area contributed by atoms with Crippen LogP contribution >= 0.6 is 0 Å². The highest BCUT2D eigenvalue weighted by Crippen LogP contribution is 2.14. The molecule has 19 heavy (non-hydrogen) atoms. The van der Waals surface area contributed by atoms with Gasteiger partial charge in [0.1, 0.15) is 0 Å². The molecule has 1 aromatic heterocycles. The predicted molar refractivity (Wildman–Crippen MR) is 73.4 cm³/mol. The van der Waals surface area contributed by atoms with Gasteiger partial charge in [0.05, 0.1) is 19.5 Å². The summed E-state index contributed by atoms with van der Waals surface area (Å²) < 4.78 is 30.3. The van der Waals surface area contributed by atoms with Crippen molar-refractivity contribution in [1.29, 1.82) is 0 Å². The second-order valence-corrected chi connectivity index (χ2v) is 7.08. The lowest BCUT2D eigenvalue weighted by molar-refractivity contribution is 0.122. The molecule has 1 aliphatic rings. The van der Waals surface area contributed by atoms with Gasteiger partial charge in [0, 0.05) is 30.9 Å². The minimum absolute atomic E-state index is 0.160. The first-order valence-electron chi connectivity index (χ1n) is 6.39. The monoisotopic (exact) mass is 284 g/mol. The fourth-order valence-corrected chi connectivity index (χ4v) is 3.08. The molecule has 5 nitrogen and oxygen atoms in total. The zero-order valence-electron chi connectivity index (χ0n) is 11.4. The number of pyridine rings is 1. The number of rotatable bonds is 3. The van der Waals surface area contributed by atoms with E-state index in [4.69, 9.17) is 4.74 Å². The molecule has 0 N–H and O–H groups in total. The van der Waals surface area contributed by atoms with Gasteiger partial charge in [0.2, 0.25) is 10.0 Å². The zero-order valence-corrected chi connectivity index (χ0v) is 12.2. The largest absolute Gasteiger partial charge is 0.380 e. The Kier molecular flexibility index (Phi) is 4.54. The molecule has 0 saturated carbocycles. The van der Waals surface area contributed by atoms with E-state index in [9.17, 15) is 8.42 Å². The van der Waals surface area contributed by atoms with Crippen LogP contribution in [0.3, 0.4) is 0 Å². The number of aryl methyl sites for hydroxylation is 1. The van der Waals surface area contributed by atoms with Crippen molar-refractivity contribution in [2.75, 3.05) is 32.6 Å². The number of ether oxygens (including phenoxy) is 1. The quantitative estimate of drug-likeness (QED) is 0.825. The van der Waals surface area contributed by atoms with Crippen LogP contribution in [-0.4, -0.2) is 50.3 Å². The fraction of sp³-hybridized carbons (Fsp3) is 0.615. The molecule has 0 spiro atoms. The minimum atomic E-state index is -3.15. The smallest absolute Gasteiger partial charge is 0.211 e. The van der Waals surface area contributed by atoms with Gasteiger partial charge in [0.25, 0.3) is 0 Å². The molecule has 1 aromatic rings. The molecule has 1 aliphatic heterocycles. The first-order chi connectivity index (χ1) is 8.95. The predicted octanol–water partition coefficient (Wildman–Crippen LogP) is 0.841. The van der Waals surface area contributed by atoms with Crippen LogP contribution < -0.4 is 0 Å². The van der Waals surface area contributed by atoms with E-state index >= 15 is 0 Å². The van der Waals surface area contributed by atoms with E-state index in [-0.39, 0.29) is 5.92 Å². The highest BCUT2D eigenvalue weighted by Gasteiger charge is 2.24. The van der Waals surface area contributed by atoms with Gasteiger partial charge in [-0.1, -0.05) is 6.07 Å². The van der Waals surface area contributed by atoms with Crippen LogP contribution in [0.1, 0.15) is 11.3 Å². The normalized spacial score (nSPS) is 22.1. The van der Waals surface area contributed by atoms with E-state index in [1.54, 1.807) is 0 Å². The Morgan fingerprint density at radius 2 is 2.26 bits per heavy atom. The highest BCUT2D eigenvalue weighted by atomic mass is 32.2. The molecule has 0 aliphatic carbocycles.